The van der Waals surface area contributed by atoms with E-state index in [1.54, 1.807) is 12.1 Å². The molecule has 0 aliphatic carbocycles. The number of fused-ring (bicyclic) bond motifs is 1. The van der Waals surface area contributed by atoms with Crippen LogP contribution in [0, 0.1) is 0 Å². The van der Waals surface area contributed by atoms with Gasteiger partial charge in [-0.2, -0.15) is 0 Å². The van der Waals surface area contributed by atoms with Crippen LogP contribution in [0.3, 0.4) is 0 Å². The highest BCUT2D eigenvalue weighted by Crippen LogP contribution is 2.36. The van der Waals surface area contributed by atoms with Crippen molar-refractivity contribution in [3.05, 3.63) is 68.5 Å². The zero-order chi connectivity index (χ0) is 19.3. The lowest BCUT2D eigenvalue weighted by Crippen LogP contribution is -2.51. The summed E-state index contributed by atoms with van der Waals surface area (Å²) in [7, 11) is 0. The average molecular weight is 373 g/mol. The highest BCUT2D eigenvalue weighted by molar-refractivity contribution is 6.21. The number of nitrogens with one attached hydrogen (secondary N) is 1. The quantitative estimate of drug-likeness (QED) is 0.553. The predicted octanol–water partition coefficient (Wildman–Crippen LogP) is -1.55. The van der Waals surface area contributed by atoms with Gasteiger partial charge in [-0.05, 0) is 12.1 Å². The second-order valence-corrected chi connectivity index (χ2v) is 6.27. The summed E-state index contributed by atoms with van der Waals surface area (Å²) in [6.07, 6.45) is -2.68. The maximum absolute atomic E-state index is 12.8. The van der Waals surface area contributed by atoms with Crippen LogP contribution >= 0.6 is 0 Å². The average Bonchev–Trinajstić information content (AvgIpc) is 3.10. The van der Waals surface area contributed by atoms with Gasteiger partial charge in [-0.25, -0.2) is 4.79 Å². The molecule has 4 atom stereocenters. The number of amides is 2. The molecular weight excluding hydrogens is 358 g/mol. The Morgan fingerprint density at radius 2 is 1.67 bits per heavy atom. The molecule has 10 heteroatoms. The molecule has 0 saturated carbocycles. The van der Waals surface area contributed by atoms with Gasteiger partial charge in [-0.1, -0.05) is 12.1 Å². The van der Waals surface area contributed by atoms with Crippen LogP contribution in [-0.2, 0) is 4.74 Å². The molecule has 1 fully saturated rings. The van der Waals surface area contributed by atoms with Crippen LogP contribution in [0.2, 0.25) is 0 Å². The fourth-order valence-corrected chi connectivity index (χ4v) is 3.50. The highest BCUT2D eigenvalue weighted by atomic mass is 16.5. The zero-order valence-electron chi connectivity index (χ0n) is 13.8. The van der Waals surface area contributed by atoms with Crippen molar-refractivity contribution in [3.63, 3.8) is 0 Å². The number of hydrogen-bond donors (Lipinski definition) is 3. The van der Waals surface area contributed by atoms with Crippen LogP contribution in [0.25, 0.3) is 0 Å². The standard InChI is InChI=1S/C17H15N3O7/c21-7-10-13(23)12(16(27-10)19-6-5-11(22)18-17(19)26)20-14(24)8-3-1-2-4-9(8)15(20)25/h1-6,10,12-13,16,21,23H,7H2,(H,18,22,26)/t10-,12-,13-,16-/m1/s1. The Balaban J connectivity index is 1.81. The second kappa shape index (κ2) is 6.27. The molecule has 0 radical (unpaired) electrons. The van der Waals surface area contributed by atoms with Crippen molar-refractivity contribution >= 4 is 11.8 Å². The maximum Gasteiger partial charge on any atom is 0.330 e. The van der Waals surface area contributed by atoms with Crippen LogP contribution < -0.4 is 11.2 Å². The molecule has 1 aromatic heterocycles. The van der Waals surface area contributed by atoms with E-state index in [-0.39, 0.29) is 11.1 Å². The van der Waals surface area contributed by atoms with Gasteiger partial charge < -0.3 is 14.9 Å². The summed E-state index contributed by atoms with van der Waals surface area (Å²) in [4.78, 5) is 51.9. The molecule has 1 saturated heterocycles. The zero-order valence-corrected chi connectivity index (χ0v) is 13.8. The van der Waals surface area contributed by atoms with E-state index in [2.05, 4.69) is 4.98 Å². The van der Waals surface area contributed by atoms with Crippen LogP contribution in [0.5, 0.6) is 0 Å². The summed E-state index contributed by atoms with van der Waals surface area (Å²) in [6.45, 7) is -0.588. The number of rotatable bonds is 3. The van der Waals surface area contributed by atoms with Crippen LogP contribution in [-0.4, -0.2) is 61.3 Å². The number of hydrogen-bond acceptors (Lipinski definition) is 7. The fraction of sp³-hybridized carbons (Fsp3) is 0.294. The Morgan fingerprint density at radius 1 is 1.04 bits per heavy atom. The summed E-state index contributed by atoms with van der Waals surface area (Å²) in [5, 5.41) is 20.0. The third-order valence-electron chi connectivity index (χ3n) is 4.77. The molecule has 2 aliphatic heterocycles. The van der Waals surface area contributed by atoms with E-state index in [0.29, 0.717) is 0 Å². The topological polar surface area (TPSA) is 142 Å². The number of aliphatic hydroxyl groups is 2. The molecule has 2 aliphatic rings. The SMILES string of the molecule is O=C1c2ccccc2C(=O)N1[C@@H]1[C@H](O)[C@@H](CO)O[C@H]1n1ccc(=O)[nH]c1=O. The Morgan fingerprint density at radius 3 is 2.22 bits per heavy atom. The van der Waals surface area contributed by atoms with Gasteiger partial charge in [0.1, 0.15) is 18.2 Å². The van der Waals surface area contributed by atoms with E-state index in [1.165, 1.54) is 12.1 Å². The molecule has 27 heavy (non-hydrogen) atoms. The van der Waals surface area contributed by atoms with E-state index < -0.39 is 54.1 Å². The number of aliphatic hydroxyl groups excluding tert-OH is 2. The van der Waals surface area contributed by atoms with Crippen molar-refractivity contribution < 1.29 is 24.5 Å². The number of H-pyrrole nitrogens is 1. The van der Waals surface area contributed by atoms with Crippen LogP contribution in [0.4, 0.5) is 0 Å². The van der Waals surface area contributed by atoms with Crippen LogP contribution in [0.15, 0.2) is 46.1 Å². The predicted molar refractivity (Wildman–Crippen MR) is 89.1 cm³/mol. The van der Waals surface area contributed by atoms with Crippen molar-refractivity contribution in [1.29, 1.82) is 0 Å². The Bertz CT molecular complexity index is 1010. The molecule has 4 rings (SSSR count). The molecule has 3 heterocycles. The largest absolute Gasteiger partial charge is 0.394 e. The van der Waals surface area contributed by atoms with Crippen molar-refractivity contribution in [2.75, 3.05) is 6.61 Å². The highest BCUT2D eigenvalue weighted by Gasteiger charge is 2.53. The van der Waals surface area contributed by atoms with Gasteiger partial charge in [0, 0.05) is 12.3 Å². The van der Waals surface area contributed by atoms with Crippen molar-refractivity contribution in [2.24, 2.45) is 0 Å². The molecule has 0 spiro atoms. The number of carbonyl (C=O) groups is 2. The van der Waals surface area contributed by atoms with Crippen molar-refractivity contribution in [3.8, 4) is 0 Å². The number of aromatic nitrogens is 2. The summed E-state index contributed by atoms with van der Waals surface area (Å²) in [6, 6.07) is 6.00. The smallest absolute Gasteiger partial charge is 0.330 e. The number of ether oxygens (including phenoxy) is 1. The van der Waals surface area contributed by atoms with Gasteiger partial charge in [0.2, 0.25) is 0 Å². The Kier molecular flexibility index (Phi) is 4.02. The molecule has 2 aromatic rings. The lowest BCUT2D eigenvalue weighted by molar-refractivity contribution is -0.0487. The normalized spacial score (nSPS) is 27.3. The first kappa shape index (κ1) is 17.3. The summed E-state index contributed by atoms with van der Waals surface area (Å²) >= 11 is 0. The van der Waals surface area contributed by atoms with Crippen molar-refractivity contribution in [1.82, 2.24) is 14.5 Å². The molecular formula is C17H15N3O7. The van der Waals surface area contributed by atoms with Gasteiger partial charge >= 0.3 is 5.69 Å². The first-order chi connectivity index (χ1) is 12.9. The second-order valence-electron chi connectivity index (χ2n) is 6.27. The third-order valence-corrected chi connectivity index (χ3v) is 4.77. The van der Waals surface area contributed by atoms with Gasteiger partial charge in [0.05, 0.1) is 17.7 Å². The van der Waals surface area contributed by atoms with E-state index in [4.69, 9.17) is 4.74 Å². The third kappa shape index (κ3) is 2.53. The maximum atomic E-state index is 12.8. The number of carbonyl (C=O) groups excluding carboxylic acids is 2. The number of imide groups is 1. The summed E-state index contributed by atoms with van der Waals surface area (Å²) in [5.74, 6) is -1.27. The summed E-state index contributed by atoms with van der Waals surface area (Å²) < 4.78 is 6.51. The number of nitrogens with zero attached hydrogens (tertiary/aromatic N) is 2. The number of aromatic amines is 1. The van der Waals surface area contributed by atoms with Crippen molar-refractivity contribution in [2.45, 2.75) is 24.5 Å². The van der Waals surface area contributed by atoms with Gasteiger partial charge in [-0.3, -0.25) is 28.8 Å². The van der Waals surface area contributed by atoms with E-state index in [1.807, 2.05) is 0 Å². The van der Waals surface area contributed by atoms with E-state index in [9.17, 15) is 29.4 Å². The lowest BCUT2D eigenvalue weighted by atomic mass is 10.1. The monoisotopic (exact) mass is 373 g/mol. The molecule has 2 amide bonds. The van der Waals surface area contributed by atoms with Crippen LogP contribution in [0.1, 0.15) is 26.9 Å². The summed E-state index contributed by atoms with van der Waals surface area (Å²) in [5.41, 5.74) is -1.12. The Hall–Kier alpha value is -3.08. The van der Waals surface area contributed by atoms with E-state index in [0.717, 1.165) is 21.7 Å². The lowest BCUT2D eigenvalue weighted by Gasteiger charge is -2.29. The minimum atomic E-state index is -1.43. The van der Waals surface area contributed by atoms with Gasteiger partial charge in [0.15, 0.2) is 6.23 Å². The molecule has 10 nitrogen and oxygen atoms in total. The molecule has 140 valence electrons. The van der Waals surface area contributed by atoms with E-state index >= 15 is 0 Å². The molecule has 0 unspecified atom stereocenters. The van der Waals surface area contributed by atoms with Gasteiger partial charge in [0.25, 0.3) is 17.4 Å². The first-order valence-electron chi connectivity index (χ1n) is 8.17. The fourth-order valence-electron chi connectivity index (χ4n) is 3.50. The minimum Gasteiger partial charge on any atom is -0.394 e. The Labute approximate surface area is 151 Å². The molecule has 1 aromatic carbocycles. The van der Waals surface area contributed by atoms with Gasteiger partial charge in [-0.15, -0.1) is 0 Å². The minimum absolute atomic E-state index is 0.176. The molecule has 0 bridgehead atoms. The first-order valence-corrected chi connectivity index (χ1v) is 8.17. The molecule has 3 N–H and O–H groups in total. The number of benzene rings is 1.